The Morgan fingerprint density at radius 2 is 1.77 bits per heavy atom. The predicted molar refractivity (Wildman–Crippen MR) is 119 cm³/mol. The predicted octanol–water partition coefficient (Wildman–Crippen LogP) is 5.48. The van der Waals surface area contributed by atoms with Gasteiger partial charge in [-0.2, -0.15) is 0 Å². The lowest BCUT2D eigenvalue weighted by Gasteiger charge is -2.13. The van der Waals surface area contributed by atoms with E-state index in [4.69, 9.17) is 9.47 Å². The lowest BCUT2D eigenvalue weighted by Crippen LogP contribution is -2.13. The van der Waals surface area contributed by atoms with E-state index in [0.29, 0.717) is 11.3 Å². The number of thiazole rings is 1. The summed E-state index contributed by atoms with van der Waals surface area (Å²) in [5.74, 6) is -0.414. The van der Waals surface area contributed by atoms with Crippen molar-refractivity contribution < 1.29 is 14.3 Å². The largest absolute Gasteiger partial charge is 0.455 e. The first-order valence-corrected chi connectivity index (χ1v) is 10.5. The Balaban J connectivity index is 1.56. The quantitative estimate of drug-likeness (QED) is 0.388. The van der Waals surface area contributed by atoms with E-state index in [2.05, 4.69) is 29.0 Å². The van der Waals surface area contributed by atoms with Gasteiger partial charge in [0.15, 0.2) is 0 Å². The van der Waals surface area contributed by atoms with Gasteiger partial charge in [0.2, 0.25) is 0 Å². The fourth-order valence-electron chi connectivity index (χ4n) is 3.37. The van der Waals surface area contributed by atoms with Gasteiger partial charge in [0, 0.05) is 23.4 Å². The van der Waals surface area contributed by atoms with Crippen LogP contribution in [-0.2, 0) is 22.7 Å². The van der Waals surface area contributed by atoms with Crippen molar-refractivity contribution in [3.8, 4) is 10.6 Å². The summed E-state index contributed by atoms with van der Waals surface area (Å²) >= 11 is 1.54. The van der Waals surface area contributed by atoms with Gasteiger partial charge in [0.1, 0.15) is 11.6 Å². The molecule has 0 atom stereocenters. The van der Waals surface area contributed by atoms with Crippen LogP contribution >= 0.6 is 11.3 Å². The number of esters is 1. The average molecular weight is 419 g/mol. The van der Waals surface area contributed by atoms with Gasteiger partial charge >= 0.3 is 5.97 Å². The normalized spacial score (nSPS) is 11.0. The molecule has 152 valence electrons. The molecule has 0 amide bonds. The SMILES string of the molecule is COCc1nc2ccccc2c(C)c1C(=O)OCc1csc(-c2ccc(C)cc2)n1. The fraction of sp³-hybridized carbons (Fsp3) is 0.208. The Morgan fingerprint density at radius 3 is 2.53 bits per heavy atom. The molecule has 0 saturated carbocycles. The van der Waals surface area contributed by atoms with Crippen molar-refractivity contribution >= 4 is 28.2 Å². The molecule has 0 saturated heterocycles. The number of para-hydroxylation sites is 1. The maximum atomic E-state index is 13.0. The Bertz CT molecular complexity index is 1200. The second kappa shape index (κ2) is 8.73. The van der Waals surface area contributed by atoms with E-state index < -0.39 is 5.97 Å². The smallest absolute Gasteiger partial charge is 0.340 e. The molecule has 0 bridgehead atoms. The summed E-state index contributed by atoms with van der Waals surface area (Å²) in [5, 5.41) is 3.76. The van der Waals surface area contributed by atoms with Crippen LogP contribution in [0.5, 0.6) is 0 Å². The molecule has 0 aliphatic heterocycles. The molecule has 0 fully saturated rings. The summed E-state index contributed by atoms with van der Waals surface area (Å²) in [6.07, 6.45) is 0. The van der Waals surface area contributed by atoms with E-state index in [1.165, 1.54) is 16.9 Å². The standard InChI is InChI=1S/C24H22N2O3S/c1-15-8-10-17(11-9-15)23-25-18(14-30-23)12-29-24(27)22-16(2)19-6-4-5-7-20(19)26-21(22)13-28-3/h4-11,14H,12-13H2,1-3H3. The zero-order valence-electron chi connectivity index (χ0n) is 17.1. The van der Waals surface area contributed by atoms with Crippen molar-refractivity contribution in [3.05, 3.63) is 82.0 Å². The summed E-state index contributed by atoms with van der Waals surface area (Å²) in [6.45, 7) is 4.32. The van der Waals surface area contributed by atoms with E-state index in [-0.39, 0.29) is 13.2 Å². The lowest BCUT2D eigenvalue weighted by atomic mass is 10.0. The van der Waals surface area contributed by atoms with Crippen LogP contribution in [0.3, 0.4) is 0 Å². The van der Waals surface area contributed by atoms with E-state index in [1.807, 2.05) is 48.7 Å². The maximum absolute atomic E-state index is 13.0. The summed E-state index contributed by atoms with van der Waals surface area (Å²) in [6, 6.07) is 16.0. The summed E-state index contributed by atoms with van der Waals surface area (Å²) in [4.78, 5) is 22.2. The number of aryl methyl sites for hydroxylation is 2. The third-order valence-electron chi connectivity index (χ3n) is 4.91. The van der Waals surface area contributed by atoms with E-state index in [1.54, 1.807) is 7.11 Å². The minimum atomic E-state index is -0.414. The van der Waals surface area contributed by atoms with Gasteiger partial charge < -0.3 is 9.47 Å². The molecule has 5 nitrogen and oxygen atoms in total. The number of ether oxygens (including phenoxy) is 2. The van der Waals surface area contributed by atoms with Gasteiger partial charge in [-0.05, 0) is 25.5 Å². The average Bonchev–Trinajstić information content (AvgIpc) is 3.22. The molecule has 6 heteroatoms. The summed E-state index contributed by atoms with van der Waals surface area (Å²) in [7, 11) is 1.59. The highest BCUT2D eigenvalue weighted by atomic mass is 32.1. The van der Waals surface area contributed by atoms with Crippen molar-refractivity contribution in [3.63, 3.8) is 0 Å². The number of rotatable bonds is 6. The number of aromatic nitrogens is 2. The third-order valence-corrected chi connectivity index (χ3v) is 5.85. The van der Waals surface area contributed by atoms with Crippen LogP contribution in [0.4, 0.5) is 0 Å². The van der Waals surface area contributed by atoms with Gasteiger partial charge in [-0.3, -0.25) is 0 Å². The molecule has 2 heterocycles. The first-order valence-electron chi connectivity index (χ1n) is 9.62. The number of nitrogens with zero attached hydrogens (tertiary/aromatic N) is 2. The molecular formula is C24H22N2O3S. The molecule has 30 heavy (non-hydrogen) atoms. The van der Waals surface area contributed by atoms with Crippen LogP contribution in [0.2, 0.25) is 0 Å². The fourth-order valence-corrected chi connectivity index (χ4v) is 4.18. The van der Waals surface area contributed by atoms with Gasteiger partial charge in [0.25, 0.3) is 0 Å². The Morgan fingerprint density at radius 1 is 1.00 bits per heavy atom. The molecule has 4 aromatic rings. The molecule has 0 aliphatic carbocycles. The zero-order chi connectivity index (χ0) is 21.1. The van der Waals surface area contributed by atoms with E-state index in [9.17, 15) is 4.79 Å². The number of carbonyl (C=O) groups is 1. The van der Waals surface area contributed by atoms with Crippen LogP contribution in [0.25, 0.3) is 21.5 Å². The highest BCUT2D eigenvalue weighted by Crippen LogP contribution is 2.26. The minimum Gasteiger partial charge on any atom is -0.455 e. The van der Waals surface area contributed by atoms with Gasteiger partial charge in [0.05, 0.1) is 29.1 Å². The first kappa shape index (κ1) is 20.2. The Labute approximate surface area is 179 Å². The van der Waals surface area contributed by atoms with Crippen LogP contribution in [0.1, 0.15) is 32.9 Å². The van der Waals surface area contributed by atoms with Crippen LogP contribution in [0.15, 0.2) is 53.9 Å². The van der Waals surface area contributed by atoms with Crippen molar-refractivity contribution in [2.75, 3.05) is 7.11 Å². The summed E-state index contributed by atoms with van der Waals surface area (Å²) in [5.41, 5.74) is 5.71. The van der Waals surface area contributed by atoms with Crippen molar-refractivity contribution in [1.29, 1.82) is 0 Å². The maximum Gasteiger partial charge on any atom is 0.340 e. The Hall–Kier alpha value is -3.09. The highest BCUT2D eigenvalue weighted by molar-refractivity contribution is 7.13. The van der Waals surface area contributed by atoms with Gasteiger partial charge in [-0.1, -0.05) is 48.0 Å². The van der Waals surface area contributed by atoms with Crippen LogP contribution < -0.4 is 0 Å². The van der Waals surface area contributed by atoms with Crippen LogP contribution in [-0.4, -0.2) is 23.0 Å². The first-order chi connectivity index (χ1) is 14.6. The van der Waals surface area contributed by atoms with Crippen molar-refractivity contribution in [2.45, 2.75) is 27.1 Å². The number of carbonyl (C=O) groups excluding carboxylic acids is 1. The monoisotopic (exact) mass is 418 g/mol. The molecule has 2 aromatic heterocycles. The Kier molecular flexibility index (Phi) is 5.88. The second-order valence-corrected chi connectivity index (χ2v) is 7.95. The number of hydrogen-bond acceptors (Lipinski definition) is 6. The molecule has 2 aromatic carbocycles. The number of hydrogen-bond donors (Lipinski definition) is 0. The molecule has 0 radical (unpaired) electrons. The zero-order valence-corrected chi connectivity index (χ0v) is 18.0. The van der Waals surface area contributed by atoms with Crippen molar-refractivity contribution in [2.24, 2.45) is 0 Å². The van der Waals surface area contributed by atoms with E-state index in [0.717, 1.165) is 32.7 Å². The number of fused-ring (bicyclic) bond motifs is 1. The minimum absolute atomic E-state index is 0.111. The van der Waals surface area contributed by atoms with Gasteiger partial charge in [-0.15, -0.1) is 11.3 Å². The topological polar surface area (TPSA) is 61.3 Å². The third kappa shape index (κ3) is 4.10. The highest BCUT2D eigenvalue weighted by Gasteiger charge is 2.20. The summed E-state index contributed by atoms with van der Waals surface area (Å²) < 4.78 is 10.9. The van der Waals surface area contributed by atoms with Gasteiger partial charge in [-0.25, -0.2) is 14.8 Å². The second-order valence-electron chi connectivity index (χ2n) is 7.09. The lowest BCUT2D eigenvalue weighted by molar-refractivity contribution is 0.0462. The van der Waals surface area contributed by atoms with Crippen molar-refractivity contribution in [1.82, 2.24) is 9.97 Å². The van der Waals surface area contributed by atoms with Crippen LogP contribution in [0, 0.1) is 13.8 Å². The molecule has 4 rings (SSSR count). The molecule has 0 N–H and O–H groups in total. The molecular weight excluding hydrogens is 396 g/mol. The molecule has 0 aliphatic rings. The number of methoxy groups -OCH3 is 1. The molecule has 0 spiro atoms. The van der Waals surface area contributed by atoms with E-state index >= 15 is 0 Å². The number of pyridine rings is 1. The molecule has 0 unspecified atom stereocenters. The number of benzene rings is 2.